The Balaban J connectivity index is 2.14. The summed E-state index contributed by atoms with van der Waals surface area (Å²) in [4.78, 5) is 10.9. The van der Waals surface area contributed by atoms with Gasteiger partial charge in [0.15, 0.2) is 0 Å². The summed E-state index contributed by atoms with van der Waals surface area (Å²) in [7, 11) is 0. The van der Waals surface area contributed by atoms with E-state index in [2.05, 4.69) is 4.72 Å². The van der Waals surface area contributed by atoms with Crippen LogP contribution in [0.3, 0.4) is 0 Å². The SMILES string of the molecule is CC(C)(C)[S@@+]([O-])N[C@H](c1ccc(C(=O)O)cc1)C1CC1. The summed E-state index contributed by atoms with van der Waals surface area (Å²) in [5, 5.41) is 8.92. The molecule has 2 rings (SSSR count). The number of benzene rings is 1. The first-order chi connectivity index (χ1) is 9.29. The highest BCUT2D eigenvalue weighted by Crippen LogP contribution is 2.42. The lowest BCUT2D eigenvalue weighted by Crippen LogP contribution is -2.41. The molecule has 0 heterocycles. The van der Waals surface area contributed by atoms with Gasteiger partial charge in [0.25, 0.3) is 0 Å². The van der Waals surface area contributed by atoms with Crippen molar-refractivity contribution in [2.45, 2.75) is 44.4 Å². The standard InChI is InChI=1S/C15H21NO3S/c1-15(2,3)20(19)16-13(10-4-5-10)11-6-8-12(9-7-11)14(17)18/h6-10,13,16H,4-5H2,1-3H3,(H,17,18)/t13-,20+/m0/s1. The van der Waals surface area contributed by atoms with Gasteiger partial charge in [-0.05, 0) is 57.2 Å². The fourth-order valence-corrected chi connectivity index (χ4v) is 2.90. The van der Waals surface area contributed by atoms with E-state index in [0.717, 1.165) is 18.4 Å². The maximum absolute atomic E-state index is 12.3. The maximum Gasteiger partial charge on any atom is 0.335 e. The van der Waals surface area contributed by atoms with Crippen LogP contribution in [-0.4, -0.2) is 20.4 Å². The summed E-state index contributed by atoms with van der Waals surface area (Å²) in [5.41, 5.74) is 1.29. The van der Waals surface area contributed by atoms with Crippen LogP contribution in [0.1, 0.15) is 55.6 Å². The van der Waals surface area contributed by atoms with Crippen molar-refractivity contribution in [2.75, 3.05) is 0 Å². The lowest BCUT2D eigenvalue weighted by molar-refractivity contribution is 0.0697. The molecule has 20 heavy (non-hydrogen) atoms. The molecule has 5 heteroatoms. The molecule has 0 bridgehead atoms. The van der Waals surface area contributed by atoms with Crippen molar-refractivity contribution >= 4 is 17.3 Å². The molecule has 1 fully saturated rings. The Morgan fingerprint density at radius 2 is 1.90 bits per heavy atom. The first-order valence-corrected chi connectivity index (χ1v) is 7.95. The van der Waals surface area contributed by atoms with E-state index in [1.165, 1.54) is 0 Å². The van der Waals surface area contributed by atoms with E-state index in [1.807, 2.05) is 32.9 Å². The Hall–Kier alpha value is -1.04. The van der Waals surface area contributed by atoms with Crippen molar-refractivity contribution < 1.29 is 14.5 Å². The van der Waals surface area contributed by atoms with Crippen molar-refractivity contribution in [3.8, 4) is 0 Å². The molecular weight excluding hydrogens is 274 g/mol. The molecule has 0 spiro atoms. The van der Waals surface area contributed by atoms with Crippen LogP contribution < -0.4 is 4.72 Å². The highest BCUT2D eigenvalue weighted by atomic mass is 32.2. The molecule has 0 amide bonds. The molecule has 1 aromatic rings. The zero-order chi connectivity index (χ0) is 14.9. The van der Waals surface area contributed by atoms with Gasteiger partial charge in [-0.15, -0.1) is 4.72 Å². The molecule has 110 valence electrons. The van der Waals surface area contributed by atoms with Crippen LogP contribution >= 0.6 is 0 Å². The molecule has 1 aromatic carbocycles. The maximum atomic E-state index is 12.3. The molecule has 0 unspecified atom stereocenters. The minimum Gasteiger partial charge on any atom is -0.598 e. The van der Waals surface area contributed by atoms with Crippen LogP contribution in [0.4, 0.5) is 0 Å². The van der Waals surface area contributed by atoms with E-state index >= 15 is 0 Å². The van der Waals surface area contributed by atoms with Crippen LogP contribution in [0.15, 0.2) is 24.3 Å². The monoisotopic (exact) mass is 295 g/mol. The fraction of sp³-hybridized carbons (Fsp3) is 0.533. The van der Waals surface area contributed by atoms with Crippen LogP contribution in [-0.2, 0) is 11.4 Å². The average Bonchev–Trinajstić information content (AvgIpc) is 3.18. The third-order valence-corrected chi connectivity index (χ3v) is 4.98. The molecular formula is C15H21NO3S. The van der Waals surface area contributed by atoms with Crippen molar-refractivity contribution in [1.29, 1.82) is 0 Å². The predicted octanol–water partition coefficient (Wildman–Crippen LogP) is 2.89. The van der Waals surface area contributed by atoms with E-state index in [-0.39, 0.29) is 16.4 Å². The van der Waals surface area contributed by atoms with E-state index in [9.17, 15) is 9.35 Å². The molecule has 4 nitrogen and oxygen atoms in total. The van der Waals surface area contributed by atoms with Gasteiger partial charge in [-0.2, -0.15) is 0 Å². The minimum absolute atomic E-state index is 0.0397. The van der Waals surface area contributed by atoms with E-state index in [0.29, 0.717) is 5.92 Å². The van der Waals surface area contributed by atoms with Gasteiger partial charge in [-0.3, -0.25) is 0 Å². The average molecular weight is 295 g/mol. The lowest BCUT2D eigenvalue weighted by Gasteiger charge is -2.28. The van der Waals surface area contributed by atoms with Gasteiger partial charge in [-0.25, -0.2) is 4.79 Å². The second kappa shape index (κ2) is 5.76. The van der Waals surface area contributed by atoms with E-state index < -0.39 is 17.3 Å². The second-order valence-electron chi connectivity index (χ2n) is 6.24. The predicted molar refractivity (Wildman–Crippen MR) is 79.9 cm³/mol. The summed E-state index contributed by atoms with van der Waals surface area (Å²) in [6.07, 6.45) is 2.25. The largest absolute Gasteiger partial charge is 0.598 e. The van der Waals surface area contributed by atoms with Gasteiger partial charge in [-0.1, -0.05) is 12.1 Å². The van der Waals surface area contributed by atoms with Gasteiger partial charge in [0, 0.05) is 11.4 Å². The van der Waals surface area contributed by atoms with Crippen molar-refractivity contribution in [2.24, 2.45) is 5.92 Å². The molecule has 1 aliphatic rings. The number of carboxylic acids is 1. The molecule has 1 saturated carbocycles. The topological polar surface area (TPSA) is 72.4 Å². The van der Waals surface area contributed by atoms with Crippen molar-refractivity contribution in [1.82, 2.24) is 4.72 Å². The second-order valence-corrected chi connectivity index (χ2v) is 8.24. The number of hydrogen-bond donors (Lipinski definition) is 2. The number of nitrogens with one attached hydrogen (secondary N) is 1. The summed E-state index contributed by atoms with van der Waals surface area (Å²) in [6.45, 7) is 5.81. The Bertz CT molecular complexity index is 477. The zero-order valence-corrected chi connectivity index (χ0v) is 12.9. The third-order valence-electron chi connectivity index (χ3n) is 3.40. The molecule has 1 aliphatic carbocycles. The van der Waals surface area contributed by atoms with Gasteiger partial charge < -0.3 is 9.66 Å². The van der Waals surface area contributed by atoms with Crippen molar-refractivity contribution in [3.63, 3.8) is 0 Å². The van der Waals surface area contributed by atoms with Crippen LogP contribution in [0.5, 0.6) is 0 Å². The lowest BCUT2D eigenvalue weighted by atomic mass is 10.0. The summed E-state index contributed by atoms with van der Waals surface area (Å²) >= 11 is -1.13. The Labute approximate surface area is 122 Å². The van der Waals surface area contributed by atoms with Gasteiger partial charge in [0.05, 0.1) is 11.6 Å². The smallest absolute Gasteiger partial charge is 0.335 e. The Morgan fingerprint density at radius 1 is 1.35 bits per heavy atom. The number of hydrogen-bond acceptors (Lipinski definition) is 3. The minimum atomic E-state index is -1.13. The van der Waals surface area contributed by atoms with Gasteiger partial charge in [0.2, 0.25) is 0 Å². The number of carbonyl (C=O) groups is 1. The summed E-state index contributed by atoms with van der Waals surface area (Å²) < 4.78 is 15.2. The van der Waals surface area contributed by atoms with Crippen LogP contribution in [0.25, 0.3) is 0 Å². The number of aromatic carboxylic acids is 1. The van der Waals surface area contributed by atoms with E-state index in [4.69, 9.17) is 5.11 Å². The summed E-state index contributed by atoms with van der Waals surface area (Å²) in [6, 6.07) is 6.89. The quantitative estimate of drug-likeness (QED) is 0.819. The fourth-order valence-electron chi connectivity index (χ4n) is 1.99. The van der Waals surface area contributed by atoms with Crippen molar-refractivity contribution in [3.05, 3.63) is 35.4 Å². The first-order valence-electron chi connectivity index (χ1n) is 6.80. The van der Waals surface area contributed by atoms with Crippen LogP contribution in [0.2, 0.25) is 0 Å². The zero-order valence-electron chi connectivity index (χ0n) is 12.1. The normalized spacial score (nSPS) is 18.6. The molecule has 0 radical (unpaired) electrons. The highest BCUT2D eigenvalue weighted by Gasteiger charge is 2.38. The Kier molecular flexibility index (Phi) is 4.42. The van der Waals surface area contributed by atoms with E-state index in [1.54, 1.807) is 12.1 Å². The third kappa shape index (κ3) is 3.75. The van der Waals surface area contributed by atoms with Gasteiger partial charge in [0.1, 0.15) is 4.75 Å². The molecule has 2 N–H and O–H groups in total. The molecule has 0 saturated heterocycles. The molecule has 2 atom stereocenters. The number of carboxylic acid groups (broad SMARTS) is 1. The van der Waals surface area contributed by atoms with Crippen LogP contribution in [0, 0.1) is 5.92 Å². The Morgan fingerprint density at radius 3 is 2.30 bits per heavy atom. The highest BCUT2D eigenvalue weighted by molar-refractivity contribution is 7.90. The summed E-state index contributed by atoms with van der Waals surface area (Å²) in [5.74, 6) is -0.428. The van der Waals surface area contributed by atoms with Gasteiger partial charge >= 0.3 is 5.97 Å². The molecule has 0 aromatic heterocycles. The first kappa shape index (κ1) is 15.4. The molecule has 0 aliphatic heterocycles. The number of rotatable bonds is 5.